The Bertz CT molecular complexity index is 957. The normalized spacial score (nSPS) is 15.0. The summed E-state index contributed by atoms with van der Waals surface area (Å²) in [6, 6.07) is 9.28. The Labute approximate surface area is 192 Å². The molecule has 0 atom stereocenters. The van der Waals surface area contributed by atoms with E-state index in [0.717, 1.165) is 29.5 Å². The SMILES string of the molecule is CO.[NH-]C1(C(=O)NCc2ccc(Cl)cc2)CCN(c2ncnc3[nH]ccc23)CC1.[V]. The molecule has 1 aromatic carbocycles. The van der Waals surface area contributed by atoms with Gasteiger partial charge in [0.2, 0.25) is 5.91 Å². The number of nitrogens with zero attached hydrogens (tertiary/aromatic N) is 3. The van der Waals surface area contributed by atoms with Gasteiger partial charge in [0, 0.05) is 56.5 Å². The summed E-state index contributed by atoms with van der Waals surface area (Å²) in [6.45, 7) is 1.61. The Morgan fingerprint density at radius 1 is 1.23 bits per heavy atom. The maximum absolute atomic E-state index is 12.6. The number of fused-ring (bicyclic) bond motifs is 1. The molecule has 4 N–H and O–H groups in total. The molecule has 4 rings (SSSR count). The number of carbonyl (C=O) groups excluding carboxylic acids is 1. The van der Waals surface area contributed by atoms with E-state index in [0.29, 0.717) is 37.5 Å². The molecule has 0 spiro atoms. The minimum absolute atomic E-state index is 0. The number of aliphatic hydroxyl groups excluding tert-OH is 1. The van der Waals surface area contributed by atoms with Gasteiger partial charge in [0.05, 0.1) is 5.39 Å². The van der Waals surface area contributed by atoms with Crippen molar-refractivity contribution in [3.05, 3.63) is 59.2 Å². The molecular weight excluding hydrogens is 443 g/mol. The summed E-state index contributed by atoms with van der Waals surface area (Å²) in [7, 11) is 1.00. The second-order valence-corrected chi connectivity index (χ2v) is 7.25. The number of nitrogens with one attached hydrogen (secondary N) is 3. The summed E-state index contributed by atoms with van der Waals surface area (Å²) in [5.41, 5.74) is 9.25. The molecule has 0 bridgehead atoms. The van der Waals surface area contributed by atoms with Crippen LogP contribution in [0, 0.1) is 0 Å². The van der Waals surface area contributed by atoms with Crippen molar-refractivity contribution >= 4 is 34.4 Å². The van der Waals surface area contributed by atoms with Gasteiger partial charge >= 0.3 is 0 Å². The summed E-state index contributed by atoms with van der Waals surface area (Å²) in [6.07, 6.45) is 4.28. The number of aromatic nitrogens is 3. The number of hydrogen-bond donors (Lipinski definition) is 3. The van der Waals surface area contributed by atoms with Gasteiger partial charge in [-0.25, -0.2) is 9.97 Å². The van der Waals surface area contributed by atoms with Gasteiger partial charge in [0.15, 0.2) is 0 Å². The van der Waals surface area contributed by atoms with Crippen molar-refractivity contribution in [2.24, 2.45) is 0 Å². The number of hydrogen-bond acceptors (Lipinski definition) is 5. The molecule has 3 heterocycles. The summed E-state index contributed by atoms with van der Waals surface area (Å²) < 4.78 is 0. The van der Waals surface area contributed by atoms with E-state index in [4.69, 9.17) is 22.4 Å². The molecule has 30 heavy (non-hydrogen) atoms. The molecule has 1 aliphatic heterocycles. The smallest absolute Gasteiger partial charge is 0.205 e. The third kappa shape index (κ3) is 5.33. The minimum atomic E-state index is -1.12. The standard InChI is InChI=1S/C19H20ClN6O.CH4O.V/c20-14-3-1-13(2-4-14)11-23-18(27)19(21)6-9-26(10-7-19)17-15-5-8-22-16(15)24-12-25-17;1-2;/h1-5,8,12,21H,6-7,9-11H2,(H,23,27)(H,22,24,25);2H,1H3;/q-1;;. The number of rotatable bonds is 4. The van der Waals surface area contributed by atoms with Gasteiger partial charge in [0.1, 0.15) is 17.8 Å². The van der Waals surface area contributed by atoms with E-state index in [9.17, 15) is 4.79 Å². The fourth-order valence-electron chi connectivity index (χ4n) is 3.39. The Morgan fingerprint density at radius 3 is 2.57 bits per heavy atom. The number of aromatic amines is 1. The van der Waals surface area contributed by atoms with Crippen molar-refractivity contribution in [1.29, 1.82) is 0 Å². The van der Waals surface area contributed by atoms with E-state index in [1.54, 1.807) is 12.1 Å². The first-order chi connectivity index (χ1) is 14.0. The molecule has 1 radical (unpaired) electrons. The number of halogens is 1. The summed E-state index contributed by atoms with van der Waals surface area (Å²) in [5.74, 6) is 0.622. The van der Waals surface area contributed by atoms with E-state index in [1.165, 1.54) is 6.33 Å². The van der Waals surface area contributed by atoms with Gasteiger partial charge in [0.25, 0.3) is 0 Å². The van der Waals surface area contributed by atoms with E-state index < -0.39 is 5.54 Å². The second kappa shape index (κ2) is 10.8. The van der Waals surface area contributed by atoms with Crippen LogP contribution in [-0.2, 0) is 29.9 Å². The largest absolute Gasteiger partial charge is 0.664 e. The number of benzene rings is 1. The zero-order valence-electron chi connectivity index (χ0n) is 16.6. The first-order valence-corrected chi connectivity index (χ1v) is 9.68. The van der Waals surface area contributed by atoms with Crippen LogP contribution >= 0.6 is 11.6 Å². The predicted molar refractivity (Wildman–Crippen MR) is 114 cm³/mol. The quantitative estimate of drug-likeness (QED) is 0.546. The van der Waals surface area contributed by atoms with Crippen molar-refractivity contribution in [2.75, 3.05) is 25.1 Å². The van der Waals surface area contributed by atoms with Crippen LogP contribution in [0.3, 0.4) is 0 Å². The minimum Gasteiger partial charge on any atom is -0.664 e. The third-order valence-electron chi connectivity index (χ3n) is 5.05. The molecule has 1 amide bonds. The fraction of sp³-hybridized carbons (Fsp3) is 0.350. The maximum atomic E-state index is 12.6. The molecule has 2 aromatic heterocycles. The average molecular weight is 467 g/mol. The molecule has 0 saturated carbocycles. The number of aliphatic hydroxyl groups is 1. The van der Waals surface area contributed by atoms with Crippen molar-refractivity contribution in [2.45, 2.75) is 24.9 Å². The van der Waals surface area contributed by atoms with Crippen LogP contribution in [0.15, 0.2) is 42.9 Å². The van der Waals surface area contributed by atoms with E-state index in [-0.39, 0.29) is 24.5 Å². The summed E-state index contributed by atoms with van der Waals surface area (Å²) in [4.78, 5) is 26.4. The molecule has 0 aliphatic carbocycles. The second-order valence-electron chi connectivity index (χ2n) is 6.82. The average Bonchev–Trinajstić information content (AvgIpc) is 3.24. The van der Waals surface area contributed by atoms with E-state index in [1.807, 2.05) is 24.4 Å². The zero-order chi connectivity index (χ0) is 20.9. The Morgan fingerprint density at radius 2 is 1.90 bits per heavy atom. The Balaban J connectivity index is 0.00000104. The third-order valence-corrected chi connectivity index (χ3v) is 5.30. The Kier molecular flexibility index (Phi) is 8.70. The van der Waals surface area contributed by atoms with Crippen LogP contribution in [0.4, 0.5) is 5.82 Å². The van der Waals surface area contributed by atoms with Gasteiger partial charge in [-0.05, 0) is 42.1 Å². The monoisotopic (exact) mass is 466 g/mol. The van der Waals surface area contributed by atoms with Crippen molar-refractivity contribution in [1.82, 2.24) is 20.3 Å². The van der Waals surface area contributed by atoms with Gasteiger partial charge in [-0.2, -0.15) is 0 Å². The number of piperidine rings is 1. The molecular formula is C20H24ClN6O2V-. The first kappa shape index (κ1) is 24.2. The Hall–Kier alpha value is -2.10. The van der Waals surface area contributed by atoms with Crippen LogP contribution < -0.4 is 10.2 Å². The molecule has 3 aromatic rings. The predicted octanol–water partition coefficient (Wildman–Crippen LogP) is 2.92. The molecule has 1 saturated heterocycles. The van der Waals surface area contributed by atoms with Crippen molar-refractivity contribution in [3.63, 3.8) is 0 Å². The topological polar surface area (TPSA) is 118 Å². The molecule has 10 heteroatoms. The molecule has 159 valence electrons. The summed E-state index contributed by atoms with van der Waals surface area (Å²) >= 11 is 5.88. The van der Waals surface area contributed by atoms with Crippen molar-refractivity contribution in [3.8, 4) is 0 Å². The van der Waals surface area contributed by atoms with Crippen LogP contribution in [0.1, 0.15) is 18.4 Å². The van der Waals surface area contributed by atoms with Gasteiger partial charge in [-0.15, -0.1) is 0 Å². The number of anilines is 1. The van der Waals surface area contributed by atoms with Gasteiger partial charge in [-0.1, -0.05) is 23.7 Å². The van der Waals surface area contributed by atoms with E-state index >= 15 is 0 Å². The molecule has 0 unspecified atom stereocenters. The maximum Gasteiger partial charge on any atom is 0.205 e. The summed E-state index contributed by atoms with van der Waals surface area (Å²) in [5, 5.41) is 11.5. The van der Waals surface area contributed by atoms with E-state index in [2.05, 4.69) is 25.2 Å². The number of H-pyrrole nitrogens is 1. The van der Waals surface area contributed by atoms with Crippen LogP contribution in [0.2, 0.25) is 5.02 Å². The number of amides is 1. The number of carbonyl (C=O) groups is 1. The van der Waals surface area contributed by atoms with Gasteiger partial charge < -0.3 is 26.0 Å². The molecule has 1 aliphatic rings. The van der Waals surface area contributed by atoms with Gasteiger partial charge in [-0.3, -0.25) is 4.79 Å². The van der Waals surface area contributed by atoms with Crippen LogP contribution in [0.25, 0.3) is 16.8 Å². The molecule has 1 fully saturated rings. The molecule has 8 nitrogen and oxygen atoms in total. The fourth-order valence-corrected chi connectivity index (χ4v) is 3.52. The van der Waals surface area contributed by atoms with Crippen LogP contribution in [-0.4, -0.2) is 51.7 Å². The first-order valence-electron chi connectivity index (χ1n) is 9.31. The zero-order valence-corrected chi connectivity index (χ0v) is 18.8. The van der Waals surface area contributed by atoms with Crippen LogP contribution in [0.5, 0.6) is 0 Å². The van der Waals surface area contributed by atoms with Crippen molar-refractivity contribution < 1.29 is 28.5 Å².